The summed E-state index contributed by atoms with van der Waals surface area (Å²) in [6.45, 7) is 2.94. The molecule has 2 atom stereocenters. The van der Waals surface area contributed by atoms with Crippen molar-refractivity contribution in [2.75, 3.05) is 13.1 Å². The first-order valence-corrected chi connectivity index (χ1v) is 13.2. The normalized spacial score (nSPS) is 20.0. The largest absolute Gasteiger partial charge is 0.435 e. The number of aryl methyl sites for hydroxylation is 1. The molecule has 0 aliphatic carbocycles. The van der Waals surface area contributed by atoms with E-state index in [1.165, 1.54) is 4.68 Å². The Morgan fingerprint density at radius 3 is 2.70 bits per heavy atom. The van der Waals surface area contributed by atoms with Crippen molar-refractivity contribution in [1.82, 2.24) is 19.7 Å². The summed E-state index contributed by atoms with van der Waals surface area (Å²) in [6, 6.07) is 8.02. The van der Waals surface area contributed by atoms with Gasteiger partial charge in [0.05, 0.1) is 23.3 Å². The number of nitrogens with zero attached hydrogens (tertiary/aromatic N) is 5. The maximum Gasteiger partial charge on any atom is 0.435 e. The van der Waals surface area contributed by atoms with Crippen molar-refractivity contribution < 1.29 is 22.8 Å². The van der Waals surface area contributed by atoms with Gasteiger partial charge in [-0.2, -0.15) is 18.3 Å². The molecule has 2 aliphatic rings. The maximum absolute atomic E-state index is 13.0. The van der Waals surface area contributed by atoms with Crippen LogP contribution in [0.2, 0.25) is 5.02 Å². The third-order valence-electron chi connectivity index (χ3n) is 6.88. The molecule has 7 nitrogen and oxygen atoms in total. The highest BCUT2D eigenvalue weighted by Gasteiger charge is 2.35. The van der Waals surface area contributed by atoms with E-state index < -0.39 is 17.9 Å². The van der Waals surface area contributed by atoms with Crippen molar-refractivity contribution in [3.05, 3.63) is 68.4 Å². The second-order valence-corrected chi connectivity index (χ2v) is 10.6. The lowest BCUT2D eigenvalue weighted by Crippen LogP contribution is -2.44. The number of oxime groups is 1. The quantitative estimate of drug-likeness (QED) is 0.356. The van der Waals surface area contributed by atoms with Crippen LogP contribution in [-0.4, -0.2) is 50.8 Å². The number of hydrogen-bond donors (Lipinski definition) is 0. The van der Waals surface area contributed by atoms with E-state index in [0.29, 0.717) is 30.2 Å². The summed E-state index contributed by atoms with van der Waals surface area (Å²) in [4.78, 5) is 24.3. The molecule has 0 amide bonds. The van der Waals surface area contributed by atoms with Crippen LogP contribution in [0.1, 0.15) is 58.9 Å². The van der Waals surface area contributed by atoms with Crippen molar-refractivity contribution in [2.24, 2.45) is 5.16 Å². The highest BCUT2D eigenvalue weighted by molar-refractivity contribution is 7.10. The zero-order valence-electron chi connectivity index (χ0n) is 20.0. The van der Waals surface area contributed by atoms with Gasteiger partial charge in [0.15, 0.2) is 11.8 Å². The van der Waals surface area contributed by atoms with Crippen molar-refractivity contribution in [2.45, 2.75) is 57.0 Å². The Labute approximate surface area is 220 Å². The van der Waals surface area contributed by atoms with Crippen LogP contribution in [0.4, 0.5) is 13.2 Å². The minimum absolute atomic E-state index is 0.0872. The number of thiazole rings is 1. The third kappa shape index (κ3) is 5.58. The number of rotatable bonds is 7. The van der Waals surface area contributed by atoms with E-state index >= 15 is 0 Å². The predicted octanol–water partition coefficient (Wildman–Crippen LogP) is 5.63. The molecule has 12 heteroatoms. The summed E-state index contributed by atoms with van der Waals surface area (Å²) < 4.78 is 40.2. The van der Waals surface area contributed by atoms with Gasteiger partial charge in [-0.1, -0.05) is 35.0 Å². The van der Waals surface area contributed by atoms with Crippen LogP contribution in [0.3, 0.4) is 0 Å². The van der Waals surface area contributed by atoms with E-state index in [4.69, 9.17) is 21.4 Å². The van der Waals surface area contributed by atoms with Gasteiger partial charge < -0.3 is 9.63 Å². The number of alkyl halides is 3. The Kier molecular flexibility index (Phi) is 7.37. The van der Waals surface area contributed by atoms with Crippen LogP contribution in [-0.2, 0) is 22.4 Å². The number of hydrogen-bond acceptors (Lipinski definition) is 7. The topological polar surface area (TPSA) is 72.6 Å². The summed E-state index contributed by atoms with van der Waals surface area (Å²) in [7, 11) is 0. The van der Waals surface area contributed by atoms with Gasteiger partial charge in [0.2, 0.25) is 0 Å². The van der Waals surface area contributed by atoms with Crippen molar-refractivity contribution in [1.29, 1.82) is 0 Å². The monoisotopic (exact) mass is 551 g/mol. The van der Waals surface area contributed by atoms with Gasteiger partial charge >= 0.3 is 6.18 Å². The first kappa shape index (κ1) is 25.9. The van der Waals surface area contributed by atoms with Crippen LogP contribution < -0.4 is 0 Å². The van der Waals surface area contributed by atoms with Crippen LogP contribution in [0.15, 0.2) is 40.9 Å². The minimum Gasteiger partial charge on any atom is -0.387 e. The number of likely N-dealkylation sites (tertiary alicyclic amines) is 1. The lowest BCUT2D eigenvalue weighted by molar-refractivity contribution is -0.141. The first-order chi connectivity index (χ1) is 17.7. The Bertz CT molecular complexity index is 1300. The van der Waals surface area contributed by atoms with Gasteiger partial charge in [0.1, 0.15) is 12.0 Å². The zero-order chi connectivity index (χ0) is 26.2. The number of benzene rings is 1. The molecule has 3 aromatic rings. The second-order valence-electron chi connectivity index (χ2n) is 9.29. The van der Waals surface area contributed by atoms with Crippen molar-refractivity contribution in [3.63, 3.8) is 0 Å². The van der Waals surface area contributed by atoms with E-state index in [9.17, 15) is 18.0 Å². The number of aldehydes is 1. The zero-order valence-corrected chi connectivity index (χ0v) is 21.6. The molecule has 1 unspecified atom stereocenters. The SMILES string of the molecule is Cc1cc(C(F)(F)F)nn1CC(C=O)N1CCC(c2nc(C3=NO[C@@H](c4ccccc4Cl)C3)cs2)CC1. The molecule has 0 spiro atoms. The standard InChI is InChI=1S/C25H25ClF3N5O2S/c1-15-10-23(25(27,28)29)31-34(15)12-17(13-35)33-8-6-16(7-9-33)24-30-21(14-37-24)20-11-22(36-32-20)18-4-2-3-5-19(18)26/h2-5,10,13-14,16-17,22H,6-9,11-12H2,1H3/t17?,22-/m1/s1. The Balaban J connectivity index is 1.18. The number of aromatic nitrogens is 3. The molecular weight excluding hydrogens is 527 g/mol. The molecule has 2 aliphatic heterocycles. The Morgan fingerprint density at radius 2 is 2.03 bits per heavy atom. The second kappa shape index (κ2) is 10.5. The molecule has 196 valence electrons. The molecule has 1 saturated heterocycles. The van der Waals surface area contributed by atoms with Crippen molar-refractivity contribution >= 4 is 34.9 Å². The lowest BCUT2D eigenvalue weighted by Gasteiger charge is -2.34. The number of carbonyl (C=O) groups excluding carboxylic acids is 1. The maximum atomic E-state index is 13.0. The minimum atomic E-state index is -4.51. The van der Waals surface area contributed by atoms with E-state index in [1.54, 1.807) is 18.3 Å². The van der Waals surface area contributed by atoms with Crippen LogP contribution in [0.25, 0.3) is 0 Å². The summed E-state index contributed by atoms with van der Waals surface area (Å²) in [6.07, 6.45) is -1.76. The van der Waals surface area contributed by atoms with E-state index in [2.05, 4.69) is 10.3 Å². The van der Waals surface area contributed by atoms with Crippen LogP contribution in [0.5, 0.6) is 0 Å². The summed E-state index contributed by atoms with van der Waals surface area (Å²) in [5, 5.41) is 11.6. The third-order valence-corrected chi connectivity index (χ3v) is 8.23. The molecule has 2 aromatic heterocycles. The van der Waals surface area contributed by atoms with Crippen molar-refractivity contribution in [3.8, 4) is 0 Å². The highest BCUT2D eigenvalue weighted by atomic mass is 35.5. The van der Waals surface area contributed by atoms with Gasteiger partial charge in [-0.15, -0.1) is 11.3 Å². The molecule has 1 fully saturated rings. The molecule has 0 saturated carbocycles. The molecule has 0 bridgehead atoms. The van der Waals surface area contributed by atoms with Crippen LogP contribution >= 0.6 is 22.9 Å². The average molecular weight is 552 g/mol. The summed E-state index contributed by atoms with van der Waals surface area (Å²) >= 11 is 7.89. The van der Waals surface area contributed by atoms with E-state index in [0.717, 1.165) is 47.2 Å². The smallest absolute Gasteiger partial charge is 0.387 e. The van der Waals surface area contributed by atoms with Gasteiger partial charge in [-0.25, -0.2) is 4.98 Å². The predicted molar refractivity (Wildman–Crippen MR) is 134 cm³/mol. The fourth-order valence-electron chi connectivity index (χ4n) is 4.77. The van der Waals surface area contributed by atoms with Gasteiger partial charge in [-0.3, -0.25) is 9.58 Å². The van der Waals surface area contributed by atoms with Crippen LogP contribution in [0, 0.1) is 6.92 Å². The number of piperidine rings is 1. The molecule has 37 heavy (non-hydrogen) atoms. The number of carbonyl (C=O) groups is 1. The van der Waals surface area contributed by atoms with E-state index in [1.807, 2.05) is 34.5 Å². The van der Waals surface area contributed by atoms with Gasteiger partial charge in [0.25, 0.3) is 0 Å². The Hall–Kier alpha value is -2.76. The summed E-state index contributed by atoms with van der Waals surface area (Å²) in [5.74, 6) is 0.243. The van der Waals surface area contributed by atoms with E-state index in [-0.39, 0.29) is 18.6 Å². The Morgan fingerprint density at radius 1 is 1.27 bits per heavy atom. The van der Waals surface area contributed by atoms with Gasteiger partial charge in [0, 0.05) is 34.0 Å². The molecule has 4 heterocycles. The van der Waals surface area contributed by atoms with Gasteiger partial charge in [-0.05, 0) is 45.0 Å². The lowest BCUT2D eigenvalue weighted by atomic mass is 9.96. The molecule has 1 aromatic carbocycles. The molecule has 0 N–H and O–H groups in total. The molecular formula is C25H25ClF3N5O2S. The number of halogens is 4. The fourth-order valence-corrected chi connectivity index (χ4v) is 6.03. The first-order valence-electron chi connectivity index (χ1n) is 12.0. The highest BCUT2D eigenvalue weighted by Crippen LogP contribution is 2.36. The summed E-state index contributed by atoms with van der Waals surface area (Å²) in [5.41, 5.74) is 1.93. The molecule has 0 radical (unpaired) electrons. The average Bonchev–Trinajstić information content (AvgIpc) is 3.63. The fraction of sp³-hybridized carbons (Fsp3) is 0.440. The molecule has 5 rings (SSSR count).